The monoisotopic (exact) mass is 491 g/mol. The van der Waals surface area contributed by atoms with E-state index in [1.54, 1.807) is 6.07 Å². The van der Waals surface area contributed by atoms with Gasteiger partial charge in [0.05, 0.1) is 27.9 Å². The van der Waals surface area contributed by atoms with Crippen LogP contribution in [0.4, 0.5) is 11.4 Å². The second-order valence-electron chi connectivity index (χ2n) is 9.05. The van der Waals surface area contributed by atoms with Crippen LogP contribution in [0.1, 0.15) is 0 Å². The normalized spacial score (nSPS) is 11.7. The van der Waals surface area contributed by atoms with Crippen LogP contribution in [0, 0.1) is 0 Å². The molecule has 0 saturated heterocycles. The third-order valence-electron chi connectivity index (χ3n) is 6.68. The molecule has 0 spiro atoms. The molecule has 0 saturated carbocycles. The van der Waals surface area contributed by atoms with Gasteiger partial charge in [-0.25, -0.2) is 9.97 Å². The lowest BCUT2D eigenvalue weighted by atomic mass is 10.0. The van der Waals surface area contributed by atoms with E-state index in [0.29, 0.717) is 11.4 Å². The number of aromatic hydroxyl groups is 1. The SMILES string of the molecule is Oc1ccc2ccccc2c1N=Nc1ccccc1-c1cc(-c2nc3ccccc3[nH]2)c2ccccc2n1. The first-order valence-corrected chi connectivity index (χ1v) is 12.3. The Hall–Kier alpha value is -5.36. The number of rotatable bonds is 4. The summed E-state index contributed by atoms with van der Waals surface area (Å²) in [5, 5.41) is 22.4. The number of pyridine rings is 1. The highest BCUT2D eigenvalue weighted by atomic mass is 16.3. The van der Waals surface area contributed by atoms with Crippen LogP contribution in [0.15, 0.2) is 125 Å². The van der Waals surface area contributed by atoms with Crippen molar-refractivity contribution < 1.29 is 5.11 Å². The Balaban J connectivity index is 1.39. The Morgan fingerprint density at radius 2 is 1.34 bits per heavy atom. The molecule has 0 fully saturated rings. The molecule has 2 N–H and O–H groups in total. The average Bonchev–Trinajstić information content (AvgIpc) is 3.40. The van der Waals surface area contributed by atoms with Crippen molar-refractivity contribution in [2.75, 3.05) is 0 Å². The second kappa shape index (κ2) is 8.94. The summed E-state index contributed by atoms with van der Waals surface area (Å²) in [5.41, 5.74) is 6.39. The summed E-state index contributed by atoms with van der Waals surface area (Å²) in [6, 6.07) is 37.2. The number of aromatic nitrogens is 3. The van der Waals surface area contributed by atoms with E-state index < -0.39 is 0 Å². The molecule has 0 aliphatic carbocycles. The van der Waals surface area contributed by atoms with Crippen LogP contribution in [0.5, 0.6) is 5.75 Å². The molecule has 0 amide bonds. The number of nitrogens with one attached hydrogen (secondary N) is 1. The summed E-state index contributed by atoms with van der Waals surface area (Å²) in [5.74, 6) is 0.867. The Morgan fingerprint density at radius 3 is 2.24 bits per heavy atom. The molecule has 0 aliphatic heterocycles. The highest BCUT2D eigenvalue weighted by Crippen LogP contribution is 2.39. The average molecular weight is 492 g/mol. The third kappa shape index (κ3) is 3.76. The first-order chi connectivity index (χ1) is 18.7. The highest BCUT2D eigenvalue weighted by Gasteiger charge is 2.15. The molecule has 0 bridgehead atoms. The van der Waals surface area contributed by atoms with Crippen molar-refractivity contribution in [3.63, 3.8) is 0 Å². The van der Waals surface area contributed by atoms with Gasteiger partial charge in [-0.15, -0.1) is 10.2 Å². The van der Waals surface area contributed by atoms with Crippen LogP contribution in [0.3, 0.4) is 0 Å². The van der Waals surface area contributed by atoms with E-state index in [9.17, 15) is 5.11 Å². The van der Waals surface area contributed by atoms with Gasteiger partial charge in [-0.1, -0.05) is 78.9 Å². The molecule has 6 heteroatoms. The van der Waals surface area contributed by atoms with E-state index in [1.807, 2.05) is 103 Å². The van der Waals surface area contributed by atoms with Gasteiger partial charge in [0.25, 0.3) is 0 Å². The van der Waals surface area contributed by atoms with Crippen molar-refractivity contribution in [3.05, 3.63) is 115 Å². The number of H-pyrrole nitrogens is 1. The van der Waals surface area contributed by atoms with Gasteiger partial charge in [-0.2, -0.15) is 0 Å². The number of phenolic OH excluding ortho intramolecular Hbond substituents is 1. The zero-order valence-electron chi connectivity index (χ0n) is 20.2. The van der Waals surface area contributed by atoms with Gasteiger partial charge in [0, 0.05) is 21.9 Å². The smallest absolute Gasteiger partial charge is 0.143 e. The molecule has 180 valence electrons. The van der Waals surface area contributed by atoms with Crippen molar-refractivity contribution in [1.82, 2.24) is 15.0 Å². The summed E-state index contributed by atoms with van der Waals surface area (Å²) in [6.07, 6.45) is 0. The van der Waals surface area contributed by atoms with Gasteiger partial charge in [0.15, 0.2) is 0 Å². The zero-order valence-corrected chi connectivity index (χ0v) is 20.2. The van der Waals surface area contributed by atoms with Crippen LogP contribution in [0.2, 0.25) is 0 Å². The molecule has 0 atom stereocenters. The molecule has 2 aromatic heterocycles. The maximum absolute atomic E-state index is 10.5. The van der Waals surface area contributed by atoms with E-state index in [0.717, 1.165) is 55.4 Å². The van der Waals surface area contributed by atoms with Crippen molar-refractivity contribution in [3.8, 4) is 28.4 Å². The van der Waals surface area contributed by atoms with Gasteiger partial charge >= 0.3 is 0 Å². The maximum atomic E-state index is 10.5. The zero-order chi connectivity index (χ0) is 25.5. The van der Waals surface area contributed by atoms with Crippen LogP contribution < -0.4 is 0 Å². The van der Waals surface area contributed by atoms with E-state index in [2.05, 4.69) is 21.3 Å². The molecule has 2 heterocycles. The molecule has 7 aromatic rings. The van der Waals surface area contributed by atoms with E-state index >= 15 is 0 Å². The third-order valence-corrected chi connectivity index (χ3v) is 6.68. The molecule has 0 radical (unpaired) electrons. The molecular weight excluding hydrogens is 470 g/mol. The Bertz CT molecular complexity index is 1970. The summed E-state index contributed by atoms with van der Waals surface area (Å²) in [7, 11) is 0. The minimum absolute atomic E-state index is 0.0842. The second-order valence-corrected chi connectivity index (χ2v) is 9.05. The van der Waals surface area contributed by atoms with E-state index in [1.165, 1.54) is 0 Å². The Morgan fingerprint density at radius 1 is 0.605 bits per heavy atom. The van der Waals surface area contributed by atoms with Crippen molar-refractivity contribution >= 4 is 44.1 Å². The molecule has 38 heavy (non-hydrogen) atoms. The number of phenols is 1. The summed E-state index contributed by atoms with van der Waals surface area (Å²) in [6.45, 7) is 0. The minimum Gasteiger partial charge on any atom is -0.506 e. The fourth-order valence-corrected chi connectivity index (χ4v) is 4.82. The molecule has 0 unspecified atom stereocenters. The van der Waals surface area contributed by atoms with Crippen LogP contribution >= 0.6 is 0 Å². The number of aromatic amines is 1. The number of nitrogens with zero attached hydrogens (tertiary/aromatic N) is 4. The van der Waals surface area contributed by atoms with Crippen molar-refractivity contribution in [2.24, 2.45) is 10.2 Å². The van der Waals surface area contributed by atoms with Gasteiger partial charge in [-0.3, -0.25) is 0 Å². The number of fused-ring (bicyclic) bond motifs is 3. The summed E-state index contributed by atoms with van der Waals surface area (Å²) >= 11 is 0. The molecular formula is C32H21N5O. The van der Waals surface area contributed by atoms with Gasteiger partial charge in [-0.05, 0) is 41.8 Å². The summed E-state index contributed by atoms with van der Waals surface area (Å²) in [4.78, 5) is 13.3. The largest absolute Gasteiger partial charge is 0.506 e. The fraction of sp³-hybridized carbons (Fsp3) is 0. The topological polar surface area (TPSA) is 86.5 Å². The van der Waals surface area contributed by atoms with E-state index in [-0.39, 0.29) is 5.75 Å². The lowest BCUT2D eigenvalue weighted by molar-refractivity contribution is 0.477. The van der Waals surface area contributed by atoms with Crippen LogP contribution in [-0.2, 0) is 0 Å². The first kappa shape index (κ1) is 21.9. The predicted octanol–water partition coefficient (Wildman–Crippen LogP) is 8.72. The maximum Gasteiger partial charge on any atom is 0.143 e. The van der Waals surface area contributed by atoms with Crippen molar-refractivity contribution in [2.45, 2.75) is 0 Å². The van der Waals surface area contributed by atoms with Crippen LogP contribution in [-0.4, -0.2) is 20.1 Å². The van der Waals surface area contributed by atoms with Crippen molar-refractivity contribution in [1.29, 1.82) is 0 Å². The standard InChI is InChI=1S/C32H21N5O/c38-30-18-17-20-9-1-2-10-21(20)31(30)37-36-26-14-6-4-12-23(26)29-19-24(22-11-3-5-13-25(22)33-29)32-34-27-15-7-8-16-28(27)35-32/h1-19,38H,(H,34,35). The number of hydrogen-bond donors (Lipinski definition) is 2. The van der Waals surface area contributed by atoms with Crippen LogP contribution in [0.25, 0.3) is 55.4 Å². The number of benzene rings is 5. The Kier molecular flexibility index (Phi) is 5.15. The minimum atomic E-state index is 0.0842. The number of para-hydroxylation sites is 3. The van der Waals surface area contributed by atoms with Gasteiger partial charge in [0.2, 0.25) is 0 Å². The van der Waals surface area contributed by atoms with Gasteiger partial charge < -0.3 is 10.1 Å². The molecule has 0 aliphatic rings. The first-order valence-electron chi connectivity index (χ1n) is 12.3. The van der Waals surface area contributed by atoms with Gasteiger partial charge in [0.1, 0.15) is 17.3 Å². The van der Waals surface area contributed by atoms with E-state index in [4.69, 9.17) is 9.97 Å². The molecule has 7 rings (SSSR count). The highest BCUT2D eigenvalue weighted by molar-refractivity contribution is 5.98. The predicted molar refractivity (Wildman–Crippen MR) is 152 cm³/mol. The number of azo groups is 1. The molecule has 6 nitrogen and oxygen atoms in total. The fourth-order valence-electron chi connectivity index (χ4n) is 4.82. The summed E-state index contributed by atoms with van der Waals surface area (Å²) < 4.78 is 0. The Labute approximate surface area is 218 Å². The molecule has 5 aromatic carbocycles. The number of imidazole rings is 1. The quantitative estimate of drug-likeness (QED) is 0.241. The lowest BCUT2D eigenvalue weighted by Gasteiger charge is -2.10. The lowest BCUT2D eigenvalue weighted by Crippen LogP contribution is -1.91. The number of hydrogen-bond acceptors (Lipinski definition) is 5.